The predicted octanol–water partition coefficient (Wildman–Crippen LogP) is -1.61. The summed E-state index contributed by atoms with van der Waals surface area (Å²) in [6.07, 6.45) is -0.127. The number of carboxylic acids is 1. The largest absolute Gasteiger partial charge is 0.480 e. The van der Waals surface area contributed by atoms with Crippen molar-refractivity contribution in [1.29, 1.82) is 0 Å². The Morgan fingerprint density at radius 1 is 1.42 bits per heavy atom. The molecule has 0 radical (unpaired) electrons. The first-order valence-corrected chi connectivity index (χ1v) is 5.84. The minimum Gasteiger partial charge on any atom is -0.480 e. The average Bonchev–Trinajstić information content (AvgIpc) is 2.51. The molecule has 1 atom stereocenters. The lowest BCUT2D eigenvalue weighted by atomic mass is 10.2. The standard InChI is InChI=1S/C11H17N3O5/c1-6(2)14-9(16)3-7(11(14)19)13(4-8(12)15)5-10(17)18/h6-7H,3-5H2,1-2H3,(H2,12,15)(H,17,18). The number of primary amides is 1. The molecule has 1 unspecified atom stereocenters. The molecule has 19 heavy (non-hydrogen) atoms. The number of carbonyl (C=O) groups is 4. The second-order valence-corrected chi connectivity index (χ2v) is 4.68. The molecule has 0 bridgehead atoms. The minimum absolute atomic E-state index is 0.127. The lowest BCUT2D eigenvalue weighted by molar-refractivity contribution is -0.142. The van der Waals surface area contributed by atoms with Crippen molar-refractivity contribution in [3.05, 3.63) is 0 Å². The highest BCUT2D eigenvalue weighted by atomic mass is 16.4. The maximum atomic E-state index is 12.1. The molecule has 0 saturated carbocycles. The van der Waals surface area contributed by atoms with Crippen LogP contribution >= 0.6 is 0 Å². The second kappa shape index (κ2) is 5.79. The summed E-state index contributed by atoms with van der Waals surface area (Å²) in [5.41, 5.74) is 5.03. The van der Waals surface area contributed by atoms with Crippen LogP contribution in [0.1, 0.15) is 20.3 Å². The number of nitrogens with two attached hydrogens (primary N) is 1. The number of hydrogen-bond donors (Lipinski definition) is 2. The molecule has 1 heterocycles. The molecule has 0 aromatic rings. The molecule has 1 aliphatic rings. The smallest absolute Gasteiger partial charge is 0.317 e. The van der Waals surface area contributed by atoms with Gasteiger partial charge in [-0.1, -0.05) is 0 Å². The summed E-state index contributed by atoms with van der Waals surface area (Å²) >= 11 is 0. The van der Waals surface area contributed by atoms with E-state index in [0.717, 1.165) is 9.80 Å². The van der Waals surface area contributed by atoms with E-state index < -0.39 is 30.4 Å². The van der Waals surface area contributed by atoms with Crippen LogP contribution in [0.15, 0.2) is 0 Å². The molecular formula is C11H17N3O5. The van der Waals surface area contributed by atoms with Crippen LogP contribution in [0.2, 0.25) is 0 Å². The van der Waals surface area contributed by atoms with Crippen LogP contribution in [-0.4, -0.2) is 63.8 Å². The van der Waals surface area contributed by atoms with E-state index in [4.69, 9.17) is 10.8 Å². The number of amides is 3. The van der Waals surface area contributed by atoms with E-state index in [2.05, 4.69) is 0 Å². The van der Waals surface area contributed by atoms with Crippen molar-refractivity contribution in [1.82, 2.24) is 9.80 Å². The molecule has 106 valence electrons. The van der Waals surface area contributed by atoms with Crippen LogP contribution < -0.4 is 5.73 Å². The zero-order valence-electron chi connectivity index (χ0n) is 10.8. The van der Waals surface area contributed by atoms with Crippen molar-refractivity contribution in [2.45, 2.75) is 32.4 Å². The Morgan fingerprint density at radius 3 is 2.37 bits per heavy atom. The third-order valence-electron chi connectivity index (χ3n) is 2.81. The first-order valence-electron chi connectivity index (χ1n) is 5.84. The van der Waals surface area contributed by atoms with Gasteiger partial charge in [-0.2, -0.15) is 0 Å². The van der Waals surface area contributed by atoms with Gasteiger partial charge in [-0.15, -0.1) is 0 Å². The topological polar surface area (TPSA) is 121 Å². The van der Waals surface area contributed by atoms with Crippen LogP contribution in [-0.2, 0) is 19.2 Å². The summed E-state index contributed by atoms with van der Waals surface area (Å²) in [7, 11) is 0. The number of carboxylic acid groups (broad SMARTS) is 1. The van der Waals surface area contributed by atoms with E-state index in [9.17, 15) is 19.2 Å². The molecule has 8 nitrogen and oxygen atoms in total. The van der Waals surface area contributed by atoms with E-state index in [-0.39, 0.29) is 24.9 Å². The fraction of sp³-hybridized carbons (Fsp3) is 0.636. The predicted molar refractivity (Wildman–Crippen MR) is 63.8 cm³/mol. The first kappa shape index (κ1) is 15.1. The number of aliphatic carboxylic acids is 1. The van der Waals surface area contributed by atoms with Crippen molar-refractivity contribution in [2.24, 2.45) is 5.73 Å². The van der Waals surface area contributed by atoms with E-state index in [1.807, 2.05) is 0 Å². The summed E-state index contributed by atoms with van der Waals surface area (Å²) in [6.45, 7) is 2.49. The zero-order valence-corrected chi connectivity index (χ0v) is 10.8. The van der Waals surface area contributed by atoms with Crippen LogP contribution in [0.5, 0.6) is 0 Å². The van der Waals surface area contributed by atoms with Crippen molar-refractivity contribution in [2.75, 3.05) is 13.1 Å². The monoisotopic (exact) mass is 271 g/mol. The number of hydrogen-bond acceptors (Lipinski definition) is 5. The first-order chi connectivity index (χ1) is 8.73. The summed E-state index contributed by atoms with van der Waals surface area (Å²) < 4.78 is 0. The van der Waals surface area contributed by atoms with E-state index in [1.54, 1.807) is 13.8 Å². The molecule has 1 rings (SSSR count). The Balaban J connectivity index is 2.91. The van der Waals surface area contributed by atoms with Gasteiger partial charge in [-0.05, 0) is 13.8 Å². The molecule has 8 heteroatoms. The van der Waals surface area contributed by atoms with Gasteiger partial charge in [0.05, 0.1) is 25.6 Å². The summed E-state index contributed by atoms with van der Waals surface area (Å²) in [5.74, 6) is -2.79. The van der Waals surface area contributed by atoms with E-state index >= 15 is 0 Å². The number of rotatable bonds is 6. The molecule has 0 spiro atoms. The molecule has 0 aliphatic carbocycles. The Bertz CT molecular complexity index is 405. The molecule has 0 aromatic heterocycles. The van der Waals surface area contributed by atoms with Gasteiger partial charge in [-0.25, -0.2) is 0 Å². The maximum Gasteiger partial charge on any atom is 0.317 e. The highest BCUT2D eigenvalue weighted by Gasteiger charge is 2.43. The molecule has 1 aliphatic heterocycles. The fourth-order valence-corrected chi connectivity index (χ4v) is 2.11. The fourth-order valence-electron chi connectivity index (χ4n) is 2.11. The number of imide groups is 1. The number of likely N-dealkylation sites (tertiary alicyclic amines) is 1. The van der Waals surface area contributed by atoms with Gasteiger partial charge in [0.15, 0.2) is 0 Å². The SMILES string of the molecule is CC(C)N1C(=O)CC(N(CC(N)=O)CC(=O)O)C1=O. The molecule has 3 amide bonds. The van der Waals surface area contributed by atoms with E-state index in [1.165, 1.54) is 0 Å². The van der Waals surface area contributed by atoms with Gasteiger partial charge < -0.3 is 10.8 Å². The van der Waals surface area contributed by atoms with Gasteiger partial charge in [0, 0.05) is 6.04 Å². The van der Waals surface area contributed by atoms with Crippen molar-refractivity contribution in [3.63, 3.8) is 0 Å². The lowest BCUT2D eigenvalue weighted by Gasteiger charge is -2.25. The average molecular weight is 271 g/mol. The third kappa shape index (κ3) is 3.50. The van der Waals surface area contributed by atoms with Gasteiger partial charge >= 0.3 is 5.97 Å². The summed E-state index contributed by atoms with van der Waals surface area (Å²) in [6, 6.07) is -1.23. The van der Waals surface area contributed by atoms with Crippen LogP contribution in [0.3, 0.4) is 0 Å². The Morgan fingerprint density at radius 2 is 2.00 bits per heavy atom. The highest BCUT2D eigenvalue weighted by Crippen LogP contribution is 2.20. The number of carbonyl (C=O) groups excluding carboxylic acids is 3. The Kier molecular flexibility index (Phi) is 4.60. The van der Waals surface area contributed by atoms with E-state index in [0.29, 0.717) is 0 Å². The van der Waals surface area contributed by atoms with Gasteiger partial charge in [-0.3, -0.25) is 29.0 Å². The van der Waals surface area contributed by atoms with Crippen LogP contribution in [0.25, 0.3) is 0 Å². The van der Waals surface area contributed by atoms with Crippen molar-refractivity contribution >= 4 is 23.7 Å². The quantitative estimate of drug-likeness (QED) is 0.561. The highest BCUT2D eigenvalue weighted by molar-refractivity contribution is 6.06. The Labute approximate surface area is 110 Å². The summed E-state index contributed by atoms with van der Waals surface area (Å²) in [4.78, 5) is 47.7. The molecule has 0 aromatic carbocycles. The molecule has 1 saturated heterocycles. The van der Waals surface area contributed by atoms with Gasteiger partial charge in [0.25, 0.3) is 0 Å². The number of nitrogens with zero attached hydrogens (tertiary/aromatic N) is 2. The zero-order chi connectivity index (χ0) is 14.7. The van der Waals surface area contributed by atoms with Gasteiger partial charge in [0.1, 0.15) is 0 Å². The minimum atomic E-state index is -1.19. The second-order valence-electron chi connectivity index (χ2n) is 4.68. The van der Waals surface area contributed by atoms with Crippen molar-refractivity contribution in [3.8, 4) is 0 Å². The normalized spacial score (nSPS) is 19.6. The molecule has 3 N–H and O–H groups in total. The van der Waals surface area contributed by atoms with Gasteiger partial charge in [0.2, 0.25) is 17.7 Å². The van der Waals surface area contributed by atoms with Crippen molar-refractivity contribution < 1.29 is 24.3 Å². The molecule has 1 fully saturated rings. The Hall–Kier alpha value is -1.96. The van der Waals surface area contributed by atoms with Crippen LogP contribution in [0, 0.1) is 0 Å². The van der Waals surface area contributed by atoms with Crippen LogP contribution in [0.4, 0.5) is 0 Å². The third-order valence-corrected chi connectivity index (χ3v) is 2.81. The molecular weight excluding hydrogens is 254 g/mol. The maximum absolute atomic E-state index is 12.1. The summed E-state index contributed by atoms with van der Waals surface area (Å²) in [5, 5.41) is 8.78. The lowest BCUT2D eigenvalue weighted by Crippen LogP contribution is -2.48.